The molecule has 0 saturated heterocycles. The Bertz CT molecular complexity index is 635. The van der Waals surface area contributed by atoms with Gasteiger partial charge in [0.25, 0.3) is 5.91 Å². The van der Waals surface area contributed by atoms with Crippen LogP contribution in [-0.4, -0.2) is 42.1 Å². The maximum atomic E-state index is 12.1. The van der Waals surface area contributed by atoms with Crippen molar-refractivity contribution in [3.05, 3.63) is 41.7 Å². The van der Waals surface area contributed by atoms with Gasteiger partial charge in [0.05, 0.1) is 19.4 Å². The molecule has 0 unspecified atom stereocenters. The van der Waals surface area contributed by atoms with Crippen LogP contribution in [0.1, 0.15) is 28.9 Å². The second kappa shape index (κ2) is 8.14. The van der Waals surface area contributed by atoms with Gasteiger partial charge in [0.1, 0.15) is 12.4 Å². The summed E-state index contributed by atoms with van der Waals surface area (Å²) >= 11 is 0. The maximum absolute atomic E-state index is 12.1. The first kappa shape index (κ1) is 16.8. The third kappa shape index (κ3) is 4.68. The molecule has 8 heteroatoms. The van der Waals surface area contributed by atoms with E-state index in [0.29, 0.717) is 18.1 Å². The van der Waals surface area contributed by atoms with Gasteiger partial charge in [-0.3, -0.25) is 9.59 Å². The van der Waals surface area contributed by atoms with Gasteiger partial charge in [-0.1, -0.05) is 5.16 Å². The van der Waals surface area contributed by atoms with Crippen molar-refractivity contribution in [1.82, 2.24) is 15.4 Å². The minimum absolute atomic E-state index is 0.0575. The van der Waals surface area contributed by atoms with Gasteiger partial charge in [-0.2, -0.15) is 0 Å². The van der Waals surface area contributed by atoms with Crippen LogP contribution < -0.4 is 5.32 Å². The summed E-state index contributed by atoms with van der Waals surface area (Å²) in [4.78, 5) is 25.3. The topological polar surface area (TPSA) is 97.8 Å². The average molecular weight is 321 g/mol. The molecule has 0 atom stereocenters. The summed E-state index contributed by atoms with van der Waals surface area (Å²) in [6.45, 7) is 2.69. The van der Waals surface area contributed by atoms with Crippen molar-refractivity contribution in [1.29, 1.82) is 0 Å². The van der Waals surface area contributed by atoms with Gasteiger partial charge in [-0.15, -0.1) is 0 Å². The van der Waals surface area contributed by atoms with E-state index >= 15 is 0 Å². The number of amides is 2. The first-order chi connectivity index (χ1) is 11.1. The van der Waals surface area contributed by atoms with Crippen LogP contribution in [0.2, 0.25) is 0 Å². The zero-order valence-corrected chi connectivity index (χ0v) is 13.1. The van der Waals surface area contributed by atoms with Crippen LogP contribution in [-0.2, 0) is 22.6 Å². The third-order valence-electron chi connectivity index (χ3n) is 3.02. The van der Waals surface area contributed by atoms with E-state index in [1.807, 2.05) is 6.92 Å². The Morgan fingerprint density at radius 3 is 2.78 bits per heavy atom. The van der Waals surface area contributed by atoms with E-state index in [4.69, 9.17) is 13.7 Å². The number of nitrogens with zero attached hydrogens (tertiary/aromatic N) is 2. The van der Waals surface area contributed by atoms with Crippen molar-refractivity contribution < 1.29 is 23.3 Å². The number of furan rings is 1. The molecule has 1 N–H and O–H groups in total. The molecule has 0 fully saturated rings. The number of aromatic nitrogens is 1. The highest BCUT2D eigenvalue weighted by atomic mass is 16.5. The SMILES string of the molecule is CCNC(=O)c1cc(CN(Cc2ccco2)C(=O)COC)on1. The highest BCUT2D eigenvalue weighted by Gasteiger charge is 2.19. The fraction of sp³-hybridized carbons (Fsp3) is 0.400. The van der Waals surface area contributed by atoms with Crippen molar-refractivity contribution in [3.8, 4) is 0 Å². The number of hydrogen-bond acceptors (Lipinski definition) is 6. The van der Waals surface area contributed by atoms with Gasteiger partial charge in [-0.05, 0) is 19.1 Å². The predicted molar refractivity (Wildman–Crippen MR) is 79.3 cm³/mol. The second-order valence-corrected chi connectivity index (χ2v) is 4.80. The summed E-state index contributed by atoms with van der Waals surface area (Å²) in [6.07, 6.45) is 1.54. The molecule has 0 saturated carbocycles. The molecule has 2 amide bonds. The number of rotatable bonds is 8. The van der Waals surface area contributed by atoms with Gasteiger partial charge >= 0.3 is 0 Å². The number of ether oxygens (including phenoxy) is 1. The summed E-state index contributed by atoms with van der Waals surface area (Å²) in [6, 6.07) is 5.03. The summed E-state index contributed by atoms with van der Waals surface area (Å²) < 4.78 is 15.3. The molecule has 0 radical (unpaired) electrons. The molecule has 0 spiro atoms. The number of carbonyl (C=O) groups is 2. The van der Waals surface area contributed by atoms with E-state index in [1.54, 1.807) is 12.1 Å². The Labute approximate surface area is 133 Å². The minimum Gasteiger partial charge on any atom is -0.467 e. The zero-order valence-electron chi connectivity index (χ0n) is 13.1. The lowest BCUT2D eigenvalue weighted by Crippen LogP contribution is -2.32. The van der Waals surface area contributed by atoms with Crippen LogP contribution >= 0.6 is 0 Å². The Morgan fingerprint density at radius 2 is 2.13 bits per heavy atom. The molecule has 8 nitrogen and oxygen atoms in total. The quantitative estimate of drug-likeness (QED) is 0.784. The number of methoxy groups -OCH3 is 1. The molecule has 0 bridgehead atoms. The Hall–Kier alpha value is -2.61. The van der Waals surface area contributed by atoms with Gasteiger partial charge in [0.2, 0.25) is 5.91 Å². The highest BCUT2D eigenvalue weighted by molar-refractivity contribution is 5.92. The van der Waals surface area contributed by atoms with Gasteiger partial charge in [-0.25, -0.2) is 0 Å². The number of nitrogens with one attached hydrogen (secondary N) is 1. The smallest absolute Gasteiger partial charge is 0.273 e. The first-order valence-electron chi connectivity index (χ1n) is 7.17. The lowest BCUT2D eigenvalue weighted by Gasteiger charge is -2.19. The molecule has 23 heavy (non-hydrogen) atoms. The van der Waals surface area contributed by atoms with Crippen LogP contribution in [0.5, 0.6) is 0 Å². The summed E-state index contributed by atoms with van der Waals surface area (Å²) in [5, 5.41) is 6.34. The van der Waals surface area contributed by atoms with Crippen LogP contribution in [0.15, 0.2) is 33.4 Å². The number of carbonyl (C=O) groups excluding carboxylic acids is 2. The Morgan fingerprint density at radius 1 is 1.35 bits per heavy atom. The Kier molecular flexibility index (Phi) is 5.93. The zero-order chi connectivity index (χ0) is 16.7. The molecular formula is C15H19N3O5. The van der Waals surface area contributed by atoms with Crippen molar-refractivity contribution in [3.63, 3.8) is 0 Å². The number of hydrogen-bond donors (Lipinski definition) is 1. The lowest BCUT2D eigenvalue weighted by atomic mass is 10.3. The highest BCUT2D eigenvalue weighted by Crippen LogP contribution is 2.12. The van der Waals surface area contributed by atoms with Gasteiger partial charge < -0.3 is 23.9 Å². The van der Waals surface area contributed by atoms with Crippen molar-refractivity contribution in [2.24, 2.45) is 0 Å². The van der Waals surface area contributed by atoms with E-state index in [0.717, 1.165) is 0 Å². The van der Waals surface area contributed by atoms with E-state index in [9.17, 15) is 9.59 Å². The third-order valence-corrected chi connectivity index (χ3v) is 3.02. The molecule has 0 aliphatic carbocycles. The molecule has 124 valence electrons. The molecule has 0 aliphatic rings. The molecule has 2 aromatic heterocycles. The standard InChI is InChI=1S/C15H19N3O5/c1-3-16-15(20)13-7-12(23-17-13)9-18(14(19)10-21-2)8-11-5-4-6-22-11/h4-7H,3,8-10H2,1-2H3,(H,16,20). The fourth-order valence-corrected chi connectivity index (χ4v) is 1.97. The maximum Gasteiger partial charge on any atom is 0.273 e. The van der Waals surface area contributed by atoms with E-state index in [-0.39, 0.29) is 37.2 Å². The fourth-order valence-electron chi connectivity index (χ4n) is 1.97. The summed E-state index contributed by atoms with van der Waals surface area (Å²) in [5.74, 6) is 0.503. The van der Waals surface area contributed by atoms with Crippen molar-refractivity contribution in [2.75, 3.05) is 20.3 Å². The van der Waals surface area contributed by atoms with Crippen molar-refractivity contribution >= 4 is 11.8 Å². The second-order valence-electron chi connectivity index (χ2n) is 4.80. The van der Waals surface area contributed by atoms with Crippen molar-refractivity contribution in [2.45, 2.75) is 20.0 Å². The molecule has 2 aromatic rings. The normalized spacial score (nSPS) is 10.5. The van der Waals surface area contributed by atoms with Crippen LogP contribution in [0.4, 0.5) is 0 Å². The van der Waals surface area contributed by atoms with E-state index < -0.39 is 0 Å². The van der Waals surface area contributed by atoms with Crippen LogP contribution in [0.25, 0.3) is 0 Å². The van der Waals surface area contributed by atoms with Crippen LogP contribution in [0, 0.1) is 0 Å². The van der Waals surface area contributed by atoms with Crippen LogP contribution in [0.3, 0.4) is 0 Å². The molecule has 2 heterocycles. The van der Waals surface area contributed by atoms with E-state index in [2.05, 4.69) is 10.5 Å². The molecule has 2 rings (SSSR count). The molecule has 0 aromatic carbocycles. The monoisotopic (exact) mass is 321 g/mol. The average Bonchev–Trinajstić information content (AvgIpc) is 3.19. The predicted octanol–water partition coefficient (Wildman–Crippen LogP) is 1.19. The molecular weight excluding hydrogens is 302 g/mol. The minimum atomic E-state index is -0.316. The van der Waals surface area contributed by atoms with Gasteiger partial charge in [0, 0.05) is 19.7 Å². The first-order valence-corrected chi connectivity index (χ1v) is 7.17. The Balaban J connectivity index is 2.07. The summed E-state index contributed by atoms with van der Waals surface area (Å²) in [7, 11) is 1.45. The molecule has 0 aliphatic heterocycles. The summed E-state index contributed by atoms with van der Waals surface area (Å²) in [5.41, 5.74) is 0.180. The largest absolute Gasteiger partial charge is 0.467 e. The van der Waals surface area contributed by atoms with E-state index in [1.165, 1.54) is 24.3 Å². The van der Waals surface area contributed by atoms with Gasteiger partial charge in [0.15, 0.2) is 11.5 Å². The lowest BCUT2D eigenvalue weighted by molar-refractivity contribution is -0.137.